The zero-order chi connectivity index (χ0) is 37.4. The van der Waals surface area contributed by atoms with Gasteiger partial charge in [-0.15, -0.1) is 11.5 Å². The summed E-state index contributed by atoms with van der Waals surface area (Å²) in [4.78, 5) is 37.8. The van der Waals surface area contributed by atoms with Gasteiger partial charge in [0.15, 0.2) is 0 Å². The van der Waals surface area contributed by atoms with Gasteiger partial charge in [0.1, 0.15) is 42.6 Å². The van der Waals surface area contributed by atoms with Crippen LogP contribution in [-0.4, -0.2) is 114 Å². The van der Waals surface area contributed by atoms with Gasteiger partial charge >= 0.3 is 5.97 Å². The highest BCUT2D eigenvalue weighted by molar-refractivity contribution is 5.79. The van der Waals surface area contributed by atoms with Crippen LogP contribution in [0, 0.1) is 12.3 Å². The van der Waals surface area contributed by atoms with Gasteiger partial charge in [-0.3, -0.25) is 9.59 Å². The van der Waals surface area contributed by atoms with E-state index < -0.39 is 73.5 Å². The molecule has 0 radical (unpaired) electrons. The topological polar surface area (TPSA) is 246 Å². The zero-order valence-corrected chi connectivity index (χ0v) is 27.6. The molecule has 5 rings (SSSR count). The molecular formula is C36H37N5O11. The number of nitrogens with zero attached hydrogens (tertiary/aromatic N) is 3. The first kappa shape index (κ1) is 37.4. The lowest BCUT2D eigenvalue weighted by Crippen LogP contribution is -2.68. The predicted octanol–water partition coefficient (Wildman–Crippen LogP) is -0.225. The van der Waals surface area contributed by atoms with Crippen LogP contribution in [0.4, 0.5) is 0 Å². The Morgan fingerprint density at radius 2 is 1.63 bits per heavy atom. The molecule has 0 aliphatic carbocycles. The molecule has 0 bridgehead atoms. The van der Waals surface area contributed by atoms with Gasteiger partial charge in [0.2, 0.25) is 11.8 Å². The largest absolute Gasteiger partial charge is 0.508 e. The van der Waals surface area contributed by atoms with Crippen molar-refractivity contribution in [2.75, 3.05) is 19.8 Å². The Bertz CT molecular complexity index is 1890. The van der Waals surface area contributed by atoms with E-state index in [0.29, 0.717) is 16.9 Å². The average Bonchev–Trinajstić information content (AvgIpc) is 3.65. The molecule has 1 saturated heterocycles. The van der Waals surface area contributed by atoms with Crippen LogP contribution in [0.2, 0.25) is 0 Å². The second-order valence-corrected chi connectivity index (χ2v) is 12.0. The fourth-order valence-electron chi connectivity index (χ4n) is 5.75. The summed E-state index contributed by atoms with van der Waals surface area (Å²) in [6.45, 7) is -1.46. The number of aromatic hydroxyl groups is 1. The molecule has 1 aliphatic rings. The second-order valence-electron chi connectivity index (χ2n) is 12.0. The molecular weight excluding hydrogens is 678 g/mol. The third-order valence-electron chi connectivity index (χ3n) is 8.48. The van der Waals surface area contributed by atoms with Crippen LogP contribution in [0.3, 0.4) is 0 Å². The van der Waals surface area contributed by atoms with E-state index in [0.717, 1.165) is 15.8 Å². The Balaban J connectivity index is 1.30. The summed E-state index contributed by atoms with van der Waals surface area (Å²) >= 11 is 0. The zero-order valence-electron chi connectivity index (χ0n) is 27.6. The van der Waals surface area contributed by atoms with E-state index in [9.17, 15) is 45.0 Å². The Morgan fingerprint density at radius 1 is 1.00 bits per heavy atom. The highest BCUT2D eigenvalue weighted by Crippen LogP contribution is 2.36. The highest BCUT2D eigenvalue weighted by atomic mass is 16.6. The van der Waals surface area contributed by atoms with E-state index in [1.807, 2.05) is 0 Å². The molecule has 16 nitrogen and oxygen atoms in total. The molecule has 1 fully saturated rings. The van der Waals surface area contributed by atoms with Crippen molar-refractivity contribution >= 4 is 17.8 Å². The number of aliphatic hydroxyl groups is 4. The van der Waals surface area contributed by atoms with Gasteiger partial charge in [-0.05, 0) is 53.1 Å². The molecule has 8 N–H and O–H groups in total. The summed E-state index contributed by atoms with van der Waals surface area (Å²) in [5.74, 6) is -0.139. The van der Waals surface area contributed by atoms with Crippen LogP contribution in [-0.2, 0) is 31.3 Å². The van der Waals surface area contributed by atoms with Gasteiger partial charge in [0, 0.05) is 18.5 Å². The number of rotatable bonds is 14. The van der Waals surface area contributed by atoms with Crippen LogP contribution in [0.25, 0.3) is 22.4 Å². The number of ether oxygens (including phenoxy) is 2. The third-order valence-corrected chi connectivity index (χ3v) is 8.48. The number of hydrogen-bond donors (Lipinski definition) is 8. The number of amides is 2. The molecule has 3 aromatic carbocycles. The SMILES string of the molecule is C#CCOc1ccc(-c2cn([C@]3(C(=O)O)C[C@H](O)[C@@H](NC(=O)CO)[C@H]([C@H](O)[C@H](O)CNC(=O)Cc4ccc(-c5ccc(O)cc5)cc4)O3)nn2)cc1. The number of hydrogen-bond acceptors (Lipinski definition) is 12. The van der Waals surface area contributed by atoms with E-state index in [1.165, 1.54) is 6.20 Å². The molecule has 0 spiro atoms. The Labute approximate surface area is 297 Å². The number of aliphatic hydroxyl groups excluding tert-OH is 4. The van der Waals surface area contributed by atoms with E-state index >= 15 is 0 Å². The molecule has 272 valence electrons. The number of carbonyl (C=O) groups is 3. The number of benzene rings is 3. The van der Waals surface area contributed by atoms with Crippen LogP contribution < -0.4 is 15.4 Å². The van der Waals surface area contributed by atoms with Gasteiger partial charge in [0.05, 0.1) is 30.9 Å². The van der Waals surface area contributed by atoms with Crippen molar-refractivity contribution in [3.05, 3.63) is 84.6 Å². The first-order chi connectivity index (χ1) is 24.9. The maximum atomic E-state index is 12.8. The summed E-state index contributed by atoms with van der Waals surface area (Å²) in [7, 11) is 0. The van der Waals surface area contributed by atoms with E-state index in [-0.39, 0.29) is 24.5 Å². The van der Waals surface area contributed by atoms with Crippen LogP contribution in [0.1, 0.15) is 12.0 Å². The van der Waals surface area contributed by atoms with Gasteiger partial charge in [-0.25, -0.2) is 9.48 Å². The Kier molecular flexibility index (Phi) is 11.8. The monoisotopic (exact) mass is 715 g/mol. The van der Waals surface area contributed by atoms with Gasteiger partial charge in [0.25, 0.3) is 5.72 Å². The molecule has 1 aliphatic heterocycles. The maximum absolute atomic E-state index is 12.8. The second kappa shape index (κ2) is 16.5. The minimum Gasteiger partial charge on any atom is -0.508 e. The fraction of sp³-hybridized carbons (Fsp3) is 0.306. The number of carbonyl (C=O) groups excluding carboxylic acids is 2. The fourth-order valence-corrected chi connectivity index (χ4v) is 5.75. The minimum absolute atomic E-state index is 0.0579. The van der Waals surface area contributed by atoms with Crippen molar-refractivity contribution in [2.45, 2.75) is 49.0 Å². The lowest BCUT2D eigenvalue weighted by Gasteiger charge is -2.46. The summed E-state index contributed by atoms with van der Waals surface area (Å²) in [6.07, 6.45) is -1.56. The number of aromatic nitrogens is 3. The molecule has 1 aromatic heterocycles. The van der Waals surface area contributed by atoms with Crippen molar-refractivity contribution in [1.82, 2.24) is 25.6 Å². The van der Waals surface area contributed by atoms with Crippen molar-refractivity contribution in [1.29, 1.82) is 0 Å². The predicted molar refractivity (Wildman–Crippen MR) is 182 cm³/mol. The molecule has 16 heteroatoms. The lowest BCUT2D eigenvalue weighted by atomic mass is 9.87. The molecule has 0 unspecified atom stereocenters. The number of aliphatic carboxylic acids is 1. The first-order valence-electron chi connectivity index (χ1n) is 16.0. The number of carboxylic acid groups (broad SMARTS) is 1. The highest BCUT2D eigenvalue weighted by Gasteiger charge is 2.56. The molecule has 6 atom stereocenters. The van der Waals surface area contributed by atoms with Crippen LogP contribution >= 0.6 is 0 Å². The van der Waals surface area contributed by atoms with Gasteiger partial charge in [-0.2, -0.15) is 0 Å². The lowest BCUT2D eigenvalue weighted by molar-refractivity contribution is -0.257. The van der Waals surface area contributed by atoms with Crippen molar-refractivity contribution < 1.29 is 54.5 Å². The summed E-state index contributed by atoms with van der Waals surface area (Å²) in [6, 6.07) is 18.7. The van der Waals surface area contributed by atoms with E-state index in [4.69, 9.17) is 15.9 Å². The average molecular weight is 716 g/mol. The number of phenols is 1. The van der Waals surface area contributed by atoms with Crippen molar-refractivity contribution in [2.24, 2.45) is 0 Å². The van der Waals surface area contributed by atoms with Crippen LogP contribution in [0.5, 0.6) is 11.5 Å². The number of phenolic OH excluding ortho intramolecular Hbond substituents is 1. The quantitative estimate of drug-likeness (QED) is 0.0788. The smallest absolute Gasteiger partial charge is 0.359 e. The van der Waals surface area contributed by atoms with Crippen molar-refractivity contribution in [3.8, 4) is 46.2 Å². The van der Waals surface area contributed by atoms with Crippen LogP contribution in [0.15, 0.2) is 79.0 Å². The molecule has 2 heterocycles. The summed E-state index contributed by atoms with van der Waals surface area (Å²) in [5.41, 5.74) is 0.617. The van der Waals surface area contributed by atoms with E-state index in [1.54, 1.807) is 72.8 Å². The molecule has 4 aromatic rings. The summed E-state index contributed by atoms with van der Waals surface area (Å²) < 4.78 is 12.1. The standard InChI is InChI=1S/C36H37N5O11/c1-2-15-51-26-13-9-24(10-14-26)27-19-41(40-39-27)36(35(49)50)17-28(44)32(38-31(47)20-42)34(52-36)33(48)29(45)18-37-30(46)16-21-3-5-22(6-4-21)23-7-11-25(43)12-8-23/h1,3-14,19,28-29,32-34,42-45,48H,15-18,20H2,(H,37,46)(H,38,47)(H,49,50)/t28-,29+,32+,33+,34+,36+/m0/s1. The normalized spacial score (nSPS) is 20.9. The summed E-state index contributed by atoms with van der Waals surface area (Å²) in [5, 5.41) is 75.5. The maximum Gasteiger partial charge on any atom is 0.359 e. The van der Waals surface area contributed by atoms with E-state index in [2.05, 4.69) is 26.9 Å². The number of nitrogens with one attached hydrogen (secondary N) is 2. The Hall–Kier alpha value is -5.83. The van der Waals surface area contributed by atoms with Crippen molar-refractivity contribution in [3.63, 3.8) is 0 Å². The third kappa shape index (κ3) is 8.54. The Morgan fingerprint density at radius 3 is 2.25 bits per heavy atom. The number of carboxylic acids is 1. The minimum atomic E-state index is -2.48. The molecule has 52 heavy (non-hydrogen) atoms. The first-order valence-corrected chi connectivity index (χ1v) is 16.0. The number of terminal acetylenes is 1. The van der Waals surface area contributed by atoms with Gasteiger partial charge in [-0.1, -0.05) is 47.5 Å². The molecule has 2 amide bonds. The molecule has 0 saturated carbocycles. The van der Waals surface area contributed by atoms with Gasteiger partial charge < -0.3 is 50.7 Å².